The molecule has 0 amide bonds. The fourth-order valence-electron chi connectivity index (χ4n) is 2.33. The van der Waals surface area contributed by atoms with Crippen LogP contribution in [0.5, 0.6) is 0 Å². The molecular weight excluding hydrogens is 210 g/mol. The summed E-state index contributed by atoms with van der Waals surface area (Å²) in [6.07, 6.45) is 4.26. The first kappa shape index (κ1) is 10.5. The van der Waals surface area contributed by atoms with Crippen LogP contribution in [0.3, 0.4) is 0 Å². The van der Waals surface area contributed by atoms with Crippen molar-refractivity contribution in [3.05, 3.63) is 42.4 Å². The standard InChI is InChI=1S/C14H16N3/c1-2-4-11(5-3-1)13-10-16-14(17-13)12-6-8-15-9-7-12/h1-5,10,12H,6-9H2,(H,16,17). The van der Waals surface area contributed by atoms with Crippen molar-refractivity contribution in [2.24, 2.45) is 0 Å². The number of benzene rings is 1. The van der Waals surface area contributed by atoms with E-state index in [0.717, 1.165) is 37.4 Å². The summed E-state index contributed by atoms with van der Waals surface area (Å²) in [4.78, 5) is 8.03. The van der Waals surface area contributed by atoms with Gasteiger partial charge in [0.05, 0.1) is 5.69 Å². The molecule has 1 N–H and O–H groups in total. The zero-order chi connectivity index (χ0) is 11.5. The van der Waals surface area contributed by atoms with Gasteiger partial charge in [-0.15, -0.1) is 0 Å². The molecule has 0 spiro atoms. The number of nitrogens with one attached hydrogen (secondary N) is 1. The van der Waals surface area contributed by atoms with Crippen molar-refractivity contribution < 1.29 is 0 Å². The van der Waals surface area contributed by atoms with Gasteiger partial charge in [-0.05, 0) is 12.8 Å². The molecule has 2 heterocycles. The Morgan fingerprint density at radius 3 is 2.59 bits per heavy atom. The van der Waals surface area contributed by atoms with E-state index in [0.29, 0.717) is 5.92 Å². The minimum absolute atomic E-state index is 0.560. The van der Waals surface area contributed by atoms with Crippen molar-refractivity contribution in [2.75, 3.05) is 13.1 Å². The van der Waals surface area contributed by atoms with Gasteiger partial charge in [-0.1, -0.05) is 30.3 Å². The van der Waals surface area contributed by atoms with Gasteiger partial charge in [-0.25, -0.2) is 10.3 Å². The Morgan fingerprint density at radius 2 is 1.82 bits per heavy atom. The van der Waals surface area contributed by atoms with E-state index >= 15 is 0 Å². The lowest BCUT2D eigenvalue weighted by molar-refractivity contribution is 0.441. The van der Waals surface area contributed by atoms with Crippen molar-refractivity contribution in [3.63, 3.8) is 0 Å². The summed E-state index contributed by atoms with van der Waals surface area (Å²) >= 11 is 0. The lowest BCUT2D eigenvalue weighted by Gasteiger charge is -2.19. The number of rotatable bonds is 2. The van der Waals surface area contributed by atoms with Gasteiger partial charge in [0.15, 0.2) is 0 Å². The predicted octanol–water partition coefficient (Wildman–Crippen LogP) is 2.56. The smallest absolute Gasteiger partial charge is 0.110 e. The summed E-state index contributed by atoms with van der Waals surface area (Å²) < 4.78 is 0. The topological polar surface area (TPSA) is 42.8 Å². The van der Waals surface area contributed by atoms with E-state index in [1.807, 2.05) is 24.4 Å². The van der Waals surface area contributed by atoms with Gasteiger partial charge in [0.25, 0.3) is 0 Å². The minimum Gasteiger partial charge on any atom is -0.348 e. The molecule has 1 aromatic carbocycles. The summed E-state index contributed by atoms with van der Waals surface area (Å²) in [7, 11) is 0. The van der Waals surface area contributed by atoms with Gasteiger partial charge >= 0.3 is 0 Å². The Hall–Kier alpha value is -1.61. The van der Waals surface area contributed by atoms with Crippen LogP contribution in [-0.2, 0) is 0 Å². The summed E-state index contributed by atoms with van der Waals surface area (Å²) in [5.74, 6) is 1.68. The quantitative estimate of drug-likeness (QED) is 0.840. The molecule has 0 bridgehead atoms. The maximum absolute atomic E-state index is 4.71. The van der Waals surface area contributed by atoms with Gasteiger partial charge in [-0.3, -0.25) is 0 Å². The SMILES string of the molecule is c1ccc(-c2c[nH]c(C3CC[N]CC3)n2)cc1. The van der Waals surface area contributed by atoms with Gasteiger partial charge in [0.1, 0.15) is 5.82 Å². The number of piperidine rings is 1. The zero-order valence-corrected chi connectivity index (χ0v) is 9.76. The maximum atomic E-state index is 4.71. The molecule has 1 aliphatic rings. The molecule has 1 aliphatic heterocycles. The molecule has 1 radical (unpaired) electrons. The number of nitrogens with zero attached hydrogens (tertiary/aromatic N) is 2. The molecule has 0 aliphatic carbocycles. The lowest BCUT2D eigenvalue weighted by Crippen LogP contribution is -2.21. The molecule has 3 heteroatoms. The highest BCUT2D eigenvalue weighted by Gasteiger charge is 2.18. The third-order valence-corrected chi connectivity index (χ3v) is 3.33. The Kier molecular flexibility index (Phi) is 2.92. The van der Waals surface area contributed by atoms with Crippen molar-refractivity contribution >= 4 is 0 Å². The molecule has 1 fully saturated rings. The highest BCUT2D eigenvalue weighted by atomic mass is 14.9. The van der Waals surface area contributed by atoms with E-state index in [1.165, 1.54) is 5.56 Å². The van der Waals surface area contributed by atoms with Crippen molar-refractivity contribution in [1.82, 2.24) is 15.3 Å². The van der Waals surface area contributed by atoms with Crippen molar-refractivity contribution in [3.8, 4) is 11.3 Å². The Bertz CT molecular complexity index is 469. The largest absolute Gasteiger partial charge is 0.348 e. The molecule has 0 unspecified atom stereocenters. The number of imidazole rings is 1. The van der Waals surface area contributed by atoms with Crippen LogP contribution in [-0.4, -0.2) is 23.1 Å². The van der Waals surface area contributed by atoms with Crippen LogP contribution >= 0.6 is 0 Å². The summed E-state index contributed by atoms with van der Waals surface area (Å²) in [5, 5.41) is 4.38. The Morgan fingerprint density at radius 1 is 1.06 bits per heavy atom. The molecule has 3 nitrogen and oxygen atoms in total. The maximum Gasteiger partial charge on any atom is 0.110 e. The van der Waals surface area contributed by atoms with E-state index in [-0.39, 0.29) is 0 Å². The van der Waals surface area contributed by atoms with E-state index in [1.54, 1.807) is 0 Å². The molecule has 0 saturated carbocycles. The van der Waals surface area contributed by atoms with Gasteiger partial charge < -0.3 is 4.98 Å². The normalized spacial score (nSPS) is 17.2. The minimum atomic E-state index is 0.560. The van der Waals surface area contributed by atoms with Gasteiger partial charge in [-0.2, -0.15) is 0 Å². The monoisotopic (exact) mass is 226 g/mol. The van der Waals surface area contributed by atoms with Gasteiger partial charge in [0.2, 0.25) is 0 Å². The lowest BCUT2D eigenvalue weighted by atomic mass is 9.98. The second-order valence-corrected chi connectivity index (χ2v) is 4.48. The van der Waals surface area contributed by atoms with Crippen LogP contribution in [0.15, 0.2) is 36.5 Å². The fraction of sp³-hybridized carbons (Fsp3) is 0.357. The zero-order valence-electron chi connectivity index (χ0n) is 9.76. The molecule has 0 atom stereocenters. The Labute approximate surface area is 101 Å². The second kappa shape index (κ2) is 4.72. The molecule has 1 aromatic heterocycles. The third-order valence-electron chi connectivity index (χ3n) is 3.33. The first-order valence-electron chi connectivity index (χ1n) is 6.17. The fourth-order valence-corrected chi connectivity index (χ4v) is 2.33. The van der Waals surface area contributed by atoms with Crippen LogP contribution in [0, 0.1) is 0 Å². The molecule has 1 saturated heterocycles. The number of hydrogen-bond donors (Lipinski definition) is 1. The third kappa shape index (κ3) is 2.24. The number of aromatic amines is 1. The molecule has 2 aromatic rings. The first-order chi connectivity index (χ1) is 8.43. The number of aromatic nitrogens is 2. The summed E-state index contributed by atoms with van der Waals surface area (Å²) in [5.41, 5.74) is 2.22. The van der Waals surface area contributed by atoms with Crippen LogP contribution in [0.2, 0.25) is 0 Å². The summed E-state index contributed by atoms with van der Waals surface area (Å²) in [6.45, 7) is 1.96. The van der Waals surface area contributed by atoms with Crippen LogP contribution in [0.1, 0.15) is 24.6 Å². The number of hydrogen-bond acceptors (Lipinski definition) is 1. The van der Waals surface area contributed by atoms with Crippen LogP contribution in [0.25, 0.3) is 11.3 Å². The van der Waals surface area contributed by atoms with E-state index < -0.39 is 0 Å². The molecule has 87 valence electrons. The Balaban J connectivity index is 1.83. The summed E-state index contributed by atoms with van der Waals surface area (Å²) in [6, 6.07) is 10.3. The average Bonchev–Trinajstić information content (AvgIpc) is 2.90. The highest BCUT2D eigenvalue weighted by molar-refractivity contribution is 5.58. The first-order valence-corrected chi connectivity index (χ1v) is 6.17. The van der Waals surface area contributed by atoms with E-state index in [4.69, 9.17) is 4.98 Å². The van der Waals surface area contributed by atoms with Gasteiger partial charge in [0, 0.05) is 30.8 Å². The molecular formula is C14H16N3. The van der Waals surface area contributed by atoms with Crippen LogP contribution in [0.4, 0.5) is 0 Å². The molecule has 3 rings (SSSR count). The van der Waals surface area contributed by atoms with Crippen molar-refractivity contribution in [1.29, 1.82) is 0 Å². The average molecular weight is 226 g/mol. The van der Waals surface area contributed by atoms with Crippen molar-refractivity contribution in [2.45, 2.75) is 18.8 Å². The highest BCUT2D eigenvalue weighted by Crippen LogP contribution is 2.25. The molecule has 17 heavy (non-hydrogen) atoms. The second-order valence-electron chi connectivity index (χ2n) is 4.48. The predicted molar refractivity (Wildman–Crippen MR) is 67.9 cm³/mol. The number of H-pyrrole nitrogens is 1. The van der Waals surface area contributed by atoms with E-state index in [9.17, 15) is 0 Å². The van der Waals surface area contributed by atoms with E-state index in [2.05, 4.69) is 22.4 Å². The van der Waals surface area contributed by atoms with Crippen LogP contribution < -0.4 is 5.32 Å².